The lowest BCUT2D eigenvalue weighted by Gasteiger charge is -2.03. The largest absolute Gasteiger partial charge is 0.307 e. The molecule has 0 atom stereocenters. The van der Waals surface area contributed by atoms with Gasteiger partial charge in [0, 0.05) is 27.7 Å². The minimum absolute atomic E-state index is 0.986. The number of hydrogen-bond donors (Lipinski definition) is 1. The van der Waals surface area contributed by atoms with Crippen molar-refractivity contribution in [2.75, 3.05) is 0 Å². The molecule has 0 fully saturated rings. The lowest BCUT2D eigenvalue weighted by atomic mass is 10.2. The first kappa shape index (κ1) is 11.8. The Morgan fingerprint density at radius 3 is 2.75 bits per heavy atom. The van der Waals surface area contributed by atoms with Crippen LogP contribution in [0.15, 0.2) is 23.6 Å². The molecule has 1 nitrogen and oxygen atoms in total. The summed E-state index contributed by atoms with van der Waals surface area (Å²) in [4.78, 5) is 4.30. The van der Waals surface area contributed by atoms with Gasteiger partial charge in [-0.05, 0) is 42.5 Å². The molecule has 0 aliphatic carbocycles. The summed E-state index contributed by atoms with van der Waals surface area (Å²) in [5.41, 5.74) is 1.49. The topological polar surface area (TPSA) is 12.0 Å². The molecule has 1 N–H and O–H groups in total. The van der Waals surface area contributed by atoms with Crippen molar-refractivity contribution in [2.45, 2.75) is 33.4 Å². The summed E-state index contributed by atoms with van der Waals surface area (Å²) >= 11 is 3.73. The van der Waals surface area contributed by atoms with Crippen LogP contribution >= 0.6 is 22.7 Å². The van der Waals surface area contributed by atoms with Gasteiger partial charge >= 0.3 is 0 Å². The summed E-state index contributed by atoms with van der Waals surface area (Å²) in [5, 5.41) is 5.70. The molecule has 0 saturated heterocycles. The van der Waals surface area contributed by atoms with Crippen LogP contribution in [-0.4, -0.2) is 0 Å². The van der Waals surface area contributed by atoms with Crippen LogP contribution < -0.4 is 5.32 Å². The first-order valence-corrected chi connectivity index (χ1v) is 7.30. The Labute approximate surface area is 105 Å². The third-order valence-electron chi connectivity index (χ3n) is 2.60. The number of thiophene rings is 2. The molecule has 2 aromatic heterocycles. The van der Waals surface area contributed by atoms with E-state index in [1.807, 2.05) is 22.7 Å². The van der Waals surface area contributed by atoms with Crippen LogP contribution in [0.25, 0.3) is 0 Å². The van der Waals surface area contributed by atoms with E-state index in [9.17, 15) is 0 Å². The number of hydrogen-bond acceptors (Lipinski definition) is 3. The van der Waals surface area contributed by atoms with Crippen molar-refractivity contribution in [3.8, 4) is 0 Å². The molecular formula is C13H17NS2. The average Bonchev–Trinajstić information content (AvgIpc) is 2.87. The fraction of sp³-hybridized carbons (Fsp3) is 0.385. The zero-order chi connectivity index (χ0) is 11.4. The molecule has 2 rings (SSSR count). The Morgan fingerprint density at radius 2 is 2.06 bits per heavy atom. The molecule has 0 aromatic carbocycles. The predicted molar refractivity (Wildman–Crippen MR) is 73.3 cm³/mol. The van der Waals surface area contributed by atoms with E-state index < -0.39 is 0 Å². The number of nitrogens with one attached hydrogen (secondary N) is 1. The maximum absolute atomic E-state index is 3.51. The van der Waals surface area contributed by atoms with Crippen molar-refractivity contribution in [3.63, 3.8) is 0 Å². The summed E-state index contributed by atoms with van der Waals surface area (Å²) in [7, 11) is 0. The van der Waals surface area contributed by atoms with E-state index >= 15 is 0 Å². The highest BCUT2D eigenvalue weighted by molar-refractivity contribution is 7.11. The normalized spacial score (nSPS) is 10.9. The van der Waals surface area contributed by atoms with Crippen LogP contribution in [0.3, 0.4) is 0 Å². The Morgan fingerprint density at radius 1 is 1.19 bits per heavy atom. The zero-order valence-electron chi connectivity index (χ0n) is 9.75. The van der Waals surface area contributed by atoms with E-state index in [0.717, 1.165) is 19.5 Å². The molecule has 0 bridgehead atoms. The van der Waals surface area contributed by atoms with Crippen LogP contribution in [0.5, 0.6) is 0 Å². The quantitative estimate of drug-likeness (QED) is 0.848. The lowest BCUT2D eigenvalue weighted by molar-refractivity contribution is 0.704. The van der Waals surface area contributed by atoms with E-state index in [2.05, 4.69) is 42.7 Å². The van der Waals surface area contributed by atoms with Crippen molar-refractivity contribution in [2.24, 2.45) is 0 Å². The smallest absolute Gasteiger partial charge is 0.0305 e. The predicted octanol–water partition coefficient (Wildman–Crippen LogP) is 3.97. The summed E-state index contributed by atoms with van der Waals surface area (Å²) in [6, 6.07) is 6.63. The standard InChI is InChI=1S/C13H17NS2/c1-3-11-6-7-15-13(11)9-14-8-12-5-4-10(2)16-12/h4-7,14H,3,8-9H2,1-2H3. The Bertz CT molecular complexity index is 442. The second-order valence-electron chi connectivity index (χ2n) is 3.84. The molecule has 0 aliphatic rings. The van der Waals surface area contributed by atoms with Crippen molar-refractivity contribution in [1.82, 2.24) is 5.32 Å². The van der Waals surface area contributed by atoms with Gasteiger partial charge in [0.2, 0.25) is 0 Å². The highest BCUT2D eigenvalue weighted by atomic mass is 32.1. The molecule has 2 aromatic rings. The second kappa shape index (κ2) is 5.62. The van der Waals surface area contributed by atoms with Gasteiger partial charge in [0.15, 0.2) is 0 Å². The van der Waals surface area contributed by atoms with Gasteiger partial charge in [-0.25, -0.2) is 0 Å². The molecule has 0 unspecified atom stereocenters. The molecule has 0 radical (unpaired) electrons. The lowest BCUT2D eigenvalue weighted by Crippen LogP contribution is -2.11. The molecule has 16 heavy (non-hydrogen) atoms. The van der Waals surface area contributed by atoms with E-state index in [1.54, 1.807) is 0 Å². The summed E-state index contributed by atoms with van der Waals surface area (Å²) in [5.74, 6) is 0. The summed E-state index contributed by atoms with van der Waals surface area (Å²) < 4.78 is 0. The Kier molecular flexibility index (Phi) is 4.16. The Balaban J connectivity index is 1.84. The van der Waals surface area contributed by atoms with Crippen LogP contribution in [0.2, 0.25) is 0 Å². The highest BCUT2D eigenvalue weighted by Crippen LogP contribution is 2.18. The molecule has 2 heterocycles. The molecular weight excluding hydrogens is 234 g/mol. The van der Waals surface area contributed by atoms with E-state index in [-0.39, 0.29) is 0 Å². The monoisotopic (exact) mass is 251 g/mol. The van der Waals surface area contributed by atoms with Gasteiger partial charge in [-0.15, -0.1) is 22.7 Å². The van der Waals surface area contributed by atoms with Crippen LogP contribution in [0.1, 0.15) is 27.1 Å². The second-order valence-corrected chi connectivity index (χ2v) is 6.21. The van der Waals surface area contributed by atoms with Gasteiger partial charge in [0.05, 0.1) is 0 Å². The number of rotatable bonds is 5. The molecule has 3 heteroatoms. The van der Waals surface area contributed by atoms with Gasteiger partial charge in [0.25, 0.3) is 0 Å². The fourth-order valence-corrected chi connectivity index (χ4v) is 3.52. The SMILES string of the molecule is CCc1ccsc1CNCc1ccc(C)s1. The zero-order valence-corrected chi connectivity index (χ0v) is 11.4. The van der Waals surface area contributed by atoms with Gasteiger partial charge in [-0.2, -0.15) is 0 Å². The maximum atomic E-state index is 3.51. The number of aryl methyl sites for hydroxylation is 2. The minimum Gasteiger partial charge on any atom is -0.307 e. The first-order chi connectivity index (χ1) is 7.79. The summed E-state index contributed by atoms with van der Waals surface area (Å²) in [6.45, 7) is 6.36. The van der Waals surface area contributed by atoms with E-state index in [0.29, 0.717) is 0 Å². The summed E-state index contributed by atoms with van der Waals surface area (Å²) in [6.07, 6.45) is 1.14. The van der Waals surface area contributed by atoms with Crippen molar-refractivity contribution in [1.29, 1.82) is 0 Å². The Hall–Kier alpha value is -0.640. The van der Waals surface area contributed by atoms with Crippen molar-refractivity contribution in [3.05, 3.63) is 43.8 Å². The van der Waals surface area contributed by atoms with E-state index in [4.69, 9.17) is 0 Å². The highest BCUT2D eigenvalue weighted by Gasteiger charge is 2.02. The van der Waals surface area contributed by atoms with E-state index in [1.165, 1.54) is 20.2 Å². The van der Waals surface area contributed by atoms with Gasteiger partial charge in [-0.1, -0.05) is 6.92 Å². The molecule has 86 valence electrons. The average molecular weight is 251 g/mol. The third kappa shape index (κ3) is 2.94. The molecule has 0 amide bonds. The van der Waals surface area contributed by atoms with Gasteiger partial charge in [-0.3, -0.25) is 0 Å². The van der Waals surface area contributed by atoms with Gasteiger partial charge in [0.1, 0.15) is 0 Å². The van der Waals surface area contributed by atoms with Crippen LogP contribution in [-0.2, 0) is 19.5 Å². The fourth-order valence-electron chi connectivity index (χ4n) is 1.72. The maximum Gasteiger partial charge on any atom is 0.0305 e. The molecule has 0 spiro atoms. The van der Waals surface area contributed by atoms with Gasteiger partial charge < -0.3 is 5.32 Å². The van der Waals surface area contributed by atoms with Crippen molar-refractivity contribution < 1.29 is 0 Å². The minimum atomic E-state index is 0.986. The molecule has 0 aliphatic heterocycles. The van der Waals surface area contributed by atoms with Crippen LogP contribution in [0.4, 0.5) is 0 Å². The van der Waals surface area contributed by atoms with Crippen LogP contribution in [0, 0.1) is 6.92 Å². The van der Waals surface area contributed by atoms with Crippen molar-refractivity contribution >= 4 is 22.7 Å². The first-order valence-electron chi connectivity index (χ1n) is 5.61. The molecule has 0 saturated carbocycles. The third-order valence-corrected chi connectivity index (χ3v) is 4.56.